The van der Waals surface area contributed by atoms with Crippen LogP contribution in [0.15, 0.2) is 47.2 Å². The highest BCUT2D eigenvalue weighted by atomic mass is 32.2. The lowest BCUT2D eigenvalue weighted by Gasteiger charge is -2.28. The second kappa shape index (κ2) is 14.0. The number of aliphatic carboxylic acids is 1. The highest BCUT2D eigenvalue weighted by molar-refractivity contribution is 7.89. The Bertz CT molecular complexity index is 1200. The Morgan fingerprint density at radius 3 is 2.28 bits per heavy atom. The number of carboxylic acids is 1. The molecule has 0 aliphatic heterocycles. The fourth-order valence-corrected chi connectivity index (χ4v) is 6.49. The summed E-state index contributed by atoms with van der Waals surface area (Å²) >= 11 is 0. The topological polar surface area (TPSA) is 111 Å². The zero-order valence-electron chi connectivity index (χ0n) is 24.6. The number of allylic oxidation sites excluding steroid dienone is 4. The number of benzene rings is 1. The lowest BCUT2D eigenvalue weighted by atomic mass is 9.90. The van der Waals surface area contributed by atoms with Crippen LogP contribution in [0.3, 0.4) is 0 Å². The van der Waals surface area contributed by atoms with Gasteiger partial charge in [-0.05, 0) is 95.2 Å². The van der Waals surface area contributed by atoms with Crippen LogP contribution in [-0.2, 0) is 19.6 Å². The number of hydrogen-bond acceptors (Lipinski definition) is 6. The van der Waals surface area contributed by atoms with Crippen LogP contribution < -0.4 is 14.2 Å². The summed E-state index contributed by atoms with van der Waals surface area (Å²) in [6.45, 7) is 10.7. The van der Waals surface area contributed by atoms with E-state index in [1.807, 2.05) is 6.92 Å². The van der Waals surface area contributed by atoms with Crippen LogP contribution in [0.4, 0.5) is 0 Å². The van der Waals surface area contributed by atoms with Gasteiger partial charge >= 0.3 is 5.97 Å². The molecule has 1 aromatic rings. The van der Waals surface area contributed by atoms with Crippen molar-refractivity contribution in [3.8, 4) is 11.5 Å². The second-order valence-corrected chi connectivity index (χ2v) is 12.8. The van der Waals surface area contributed by atoms with E-state index in [0.29, 0.717) is 39.5 Å². The highest BCUT2D eigenvalue weighted by Gasteiger charge is 2.30. The maximum Gasteiger partial charge on any atom is 0.337 e. The van der Waals surface area contributed by atoms with Gasteiger partial charge in [0, 0.05) is 17.3 Å². The van der Waals surface area contributed by atoms with Crippen LogP contribution in [0, 0.1) is 5.92 Å². The van der Waals surface area contributed by atoms with Crippen molar-refractivity contribution in [3.63, 3.8) is 0 Å². The molecule has 0 amide bonds. The summed E-state index contributed by atoms with van der Waals surface area (Å²) in [5.74, 6) is 0.188. The predicted octanol–water partition coefficient (Wildman–Crippen LogP) is 6.10. The minimum absolute atomic E-state index is 0.0891. The molecule has 218 valence electrons. The molecule has 0 bridgehead atoms. The highest BCUT2D eigenvalue weighted by Crippen LogP contribution is 2.38. The number of methoxy groups -OCH3 is 2. The molecule has 0 heterocycles. The molecule has 1 aliphatic carbocycles. The number of carbonyl (C=O) groups is 1. The van der Waals surface area contributed by atoms with Crippen LogP contribution in [0.5, 0.6) is 11.5 Å². The molecule has 1 unspecified atom stereocenters. The lowest BCUT2D eigenvalue weighted by molar-refractivity contribution is -0.155. The summed E-state index contributed by atoms with van der Waals surface area (Å²) in [5, 5.41) is 10.1. The minimum Gasteiger partial charge on any atom is -0.497 e. The van der Waals surface area contributed by atoms with Gasteiger partial charge in [-0.1, -0.05) is 25.3 Å². The first-order valence-corrected chi connectivity index (χ1v) is 15.1. The van der Waals surface area contributed by atoms with Crippen molar-refractivity contribution in [3.05, 3.63) is 52.8 Å². The Morgan fingerprint density at radius 1 is 1.13 bits per heavy atom. The first-order chi connectivity index (χ1) is 18.2. The van der Waals surface area contributed by atoms with Gasteiger partial charge in [-0.15, -0.1) is 0 Å². The molecule has 39 heavy (non-hydrogen) atoms. The Kier molecular flexibility index (Phi) is 11.7. The van der Waals surface area contributed by atoms with Gasteiger partial charge in [-0.2, -0.15) is 0 Å². The Balaban J connectivity index is 2.61. The minimum atomic E-state index is -3.56. The zero-order chi connectivity index (χ0) is 29.4. The second-order valence-electron chi connectivity index (χ2n) is 11.0. The third-order valence-corrected chi connectivity index (χ3v) is 8.15. The molecule has 0 spiro atoms. The van der Waals surface area contributed by atoms with Gasteiger partial charge in [0.05, 0.1) is 25.6 Å². The van der Waals surface area contributed by atoms with E-state index in [4.69, 9.17) is 14.2 Å². The van der Waals surface area contributed by atoms with E-state index in [1.165, 1.54) is 7.11 Å². The van der Waals surface area contributed by atoms with Crippen molar-refractivity contribution < 1.29 is 32.5 Å². The fraction of sp³-hybridized carbons (Fsp3) is 0.567. The summed E-state index contributed by atoms with van der Waals surface area (Å²) in [4.78, 5) is 12.4. The fourth-order valence-electron chi connectivity index (χ4n) is 4.91. The summed E-state index contributed by atoms with van der Waals surface area (Å²) in [5.41, 5.74) is 2.00. The predicted molar refractivity (Wildman–Crippen MR) is 155 cm³/mol. The molecule has 9 heteroatoms. The average Bonchev–Trinajstić information content (AvgIpc) is 2.86. The molecule has 2 rings (SSSR count). The molecule has 1 aliphatic rings. The van der Waals surface area contributed by atoms with E-state index >= 15 is 0 Å². The first-order valence-electron chi connectivity index (χ1n) is 13.4. The third-order valence-electron chi connectivity index (χ3n) is 6.69. The Labute approximate surface area is 234 Å². The number of nitrogens with one attached hydrogen (secondary N) is 1. The zero-order valence-corrected chi connectivity index (χ0v) is 25.4. The molecule has 2 N–H and O–H groups in total. The number of sulfonamides is 1. The molecule has 1 aromatic carbocycles. The standard InChI is InChI=1S/C30H45NO7S/c1-9-23(31-39(34,35)19-22-13-11-10-12-14-22)17-20(2)27(21(3)28(29(32)33)38-30(4,5)6)25-16-15-24(36-7)18-26(25)37-8/h9,15-18,22,28,31H,10-14,19H2,1-8H3,(H,32,33)/b20-17-,23-9-,27-21-. The van der Waals surface area contributed by atoms with Crippen molar-refractivity contribution in [2.75, 3.05) is 20.0 Å². The van der Waals surface area contributed by atoms with Crippen molar-refractivity contribution in [2.24, 2.45) is 5.92 Å². The average molecular weight is 564 g/mol. The number of ether oxygens (including phenoxy) is 3. The third kappa shape index (κ3) is 9.72. The maximum absolute atomic E-state index is 13.0. The van der Waals surface area contributed by atoms with E-state index in [1.54, 1.807) is 72.1 Å². The quantitative estimate of drug-likeness (QED) is 0.296. The molecule has 0 radical (unpaired) electrons. The van der Waals surface area contributed by atoms with E-state index < -0.39 is 27.7 Å². The molecule has 1 atom stereocenters. The molecular formula is C30H45NO7S. The van der Waals surface area contributed by atoms with Crippen molar-refractivity contribution in [1.82, 2.24) is 4.72 Å². The molecule has 0 saturated heterocycles. The molecule has 0 aromatic heterocycles. The molecule has 8 nitrogen and oxygen atoms in total. The number of carboxylic acid groups (broad SMARTS) is 1. The van der Waals surface area contributed by atoms with Crippen molar-refractivity contribution >= 4 is 21.6 Å². The largest absolute Gasteiger partial charge is 0.497 e. The van der Waals surface area contributed by atoms with Crippen LogP contribution in [0.1, 0.15) is 79.2 Å². The lowest BCUT2D eigenvalue weighted by Crippen LogP contribution is -2.34. The SMILES string of the molecule is C/C=C(/C=C(C)\C(=C(/C)C(OC(C)(C)C)C(=O)O)c1ccc(OC)cc1OC)NS(=O)(=O)CC1CCCCC1. The van der Waals surface area contributed by atoms with Gasteiger partial charge in [0.25, 0.3) is 0 Å². The molecular weight excluding hydrogens is 518 g/mol. The van der Waals surface area contributed by atoms with Gasteiger partial charge < -0.3 is 19.3 Å². The Morgan fingerprint density at radius 2 is 1.77 bits per heavy atom. The monoisotopic (exact) mass is 563 g/mol. The van der Waals surface area contributed by atoms with E-state index in [0.717, 1.165) is 32.1 Å². The van der Waals surface area contributed by atoms with Gasteiger partial charge in [0.1, 0.15) is 11.5 Å². The molecule has 1 fully saturated rings. The van der Waals surface area contributed by atoms with Crippen molar-refractivity contribution in [1.29, 1.82) is 0 Å². The van der Waals surface area contributed by atoms with Gasteiger partial charge in [0.15, 0.2) is 6.10 Å². The van der Waals surface area contributed by atoms with E-state index in [9.17, 15) is 18.3 Å². The van der Waals surface area contributed by atoms with Crippen LogP contribution in [0.25, 0.3) is 5.57 Å². The summed E-state index contributed by atoms with van der Waals surface area (Å²) in [6, 6.07) is 5.29. The van der Waals surface area contributed by atoms with E-state index in [-0.39, 0.29) is 11.7 Å². The first kappa shape index (κ1) is 32.4. The molecule has 1 saturated carbocycles. The van der Waals surface area contributed by atoms with Gasteiger partial charge in [-0.3, -0.25) is 4.72 Å². The number of rotatable bonds is 12. The summed E-state index contributed by atoms with van der Waals surface area (Å²) in [7, 11) is -0.482. The number of hydrogen-bond donors (Lipinski definition) is 2. The van der Waals surface area contributed by atoms with Crippen LogP contribution in [0.2, 0.25) is 0 Å². The Hall–Kier alpha value is -2.78. The smallest absolute Gasteiger partial charge is 0.337 e. The van der Waals surface area contributed by atoms with Gasteiger partial charge in [-0.25, -0.2) is 13.2 Å². The van der Waals surface area contributed by atoms with Crippen LogP contribution >= 0.6 is 0 Å². The summed E-state index contributed by atoms with van der Waals surface area (Å²) in [6.07, 6.45) is 7.31. The van der Waals surface area contributed by atoms with Crippen LogP contribution in [-0.4, -0.2) is 51.2 Å². The van der Waals surface area contributed by atoms with Gasteiger partial charge in [0.2, 0.25) is 10.0 Å². The normalized spacial score (nSPS) is 17.3. The van der Waals surface area contributed by atoms with E-state index in [2.05, 4.69) is 4.72 Å². The maximum atomic E-state index is 13.0. The van der Waals surface area contributed by atoms with Crippen molar-refractivity contribution in [2.45, 2.75) is 85.4 Å². The summed E-state index contributed by atoms with van der Waals surface area (Å²) < 4.78 is 45.7.